The minimum absolute atomic E-state index is 0.0145. The second kappa shape index (κ2) is 9.16. The smallest absolute Gasteiger partial charge is 0.243 e. The Morgan fingerprint density at radius 1 is 1.12 bits per heavy atom. The van der Waals surface area contributed by atoms with Crippen LogP contribution in [0.25, 0.3) is 0 Å². The highest BCUT2D eigenvalue weighted by Crippen LogP contribution is 2.19. The Labute approximate surface area is 160 Å². The molecule has 0 bridgehead atoms. The standard InChI is InChI=1S/C19H23ClN2O3S/c1-3-15(2)21-19(23)14-22(13-16-9-11-17(20)12-10-16)26(24,25)18-7-5-4-6-8-18/h4-12,15H,3,13-14H2,1-2H3,(H,21,23)/t15-/m1/s1. The summed E-state index contributed by atoms with van der Waals surface area (Å²) in [7, 11) is -3.81. The van der Waals surface area contributed by atoms with Gasteiger partial charge in [0.05, 0.1) is 11.4 Å². The summed E-state index contributed by atoms with van der Waals surface area (Å²) >= 11 is 5.90. The lowest BCUT2D eigenvalue weighted by Crippen LogP contribution is -2.43. The van der Waals surface area contributed by atoms with E-state index in [-0.39, 0.29) is 29.9 Å². The van der Waals surface area contributed by atoms with E-state index in [9.17, 15) is 13.2 Å². The molecular weight excluding hydrogens is 372 g/mol. The van der Waals surface area contributed by atoms with E-state index in [0.29, 0.717) is 5.02 Å². The average Bonchev–Trinajstić information content (AvgIpc) is 2.63. The van der Waals surface area contributed by atoms with Crippen LogP contribution in [0.1, 0.15) is 25.8 Å². The fraction of sp³-hybridized carbons (Fsp3) is 0.316. The molecule has 0 aromatic heterocycles. The molecule has 0 heterocycles. The molecule has 7 heteroatoms. The zero-order valence-corrected chi connectivity index (χ0v) is 16.4. The second-order valence-corrected chi connectivity index (χ2v) is 8.46. The summed E-state index contributed by atoms with van der Waals surface area (Å²) < 4.78 is 27.2. The number of benzene rings is 2. The van der Waals surface area contributed by atoms with Gasteiger partial charge < -0.3 is 5.32 Å². The van der Waals surface area contributed by atoms with Gasteiger partial charge in [-0.15, -0.1) is 0 Å². The highest BCUT2D eigenvalue weighted by atomic mass is 35.5. The van der Waals surface area contributed by atoms with Gasteiger partial charge in [-0.25, -0.2) is 8.42 Å². The van der Waals surface area contributed by atoms with Gasteiger partial charge in [0.2, 0.25) is 15.9 Å². The molecule has 0 saturated heterocycles. The van der Waals surface area contributed by atoms with Gasteiger partial charge in [0.1, 0.15) is 0 Å². The van der Waals surface area contributed by atoms with Crippen molar-refractivity contribution in [1.29, 1.82) is 0 Å². The van der Waals surface area contributed by atoms with Crippen molar-refractivity contribution in [2.45, 2.75) is 37.8 Å². The molecule has 0 unspecified atom stereocenters. The summed E-state index contributed by atoms with van der Waals surface area (Å²) in [5.74, 6) is -0.326. The summed E-state index contributed by atoms with van der Waals surface area (Å²) in [5.41, 5.74) is 0.755. The SMILES string of the molecule is CC[C@@H](C)NC(=O)CN(Cc1ccc(Cl)cc1)S(=O)(=O)c1ccccc1. The third-order valence-corrected chi connectivity index (χ3v) is 6.05. The largest absolute Gasteiger partial charge is 0.353 e. The number of hydrogen-bond donors (Lipinski definition) is 1. The van der Waals surface area contributed by atoms with E-state index in [4.69, 9.17) is 11.6 Å². The van der Waals surface area contributed by atoms with Crippen molar-refractivity contribution in [2.75, 3.05) is 6.54 Å². The average molecular weight is 395 g/mol. The van der Waals surface area contributed by atoms with Crippen LogP contribution in [0.5, 0.6) is 0 Å². The van der Waals surface area contributed by atoms with Gasteiger partial charge in [-0.05, 0) is 43.2 Å². The maximum atomic E-state index is 13.0. The molecule has 140 valence electrons. The summed E-state index contributed by atoms with van der Waals surface area (Å²) in [6, 6.07) is 15.0. The molecule has 5 nitrogen and oxygen atoms in total. The normalized spacial score (nSPS) is 12.8. The predicted molar refractivity (Wildman–Crippen MR) is 103 cm³/mol. The van der Waals surface area contributed by atoms with Crippen LogP contribution in [0.15, 0.2) is 59.5 Å². The van der Waals surface area contributed by atoms with Crippen LogP contribution >= 0.6 is 11.6 Å². The van der Waals surface area contributed by atoms with Gasteiger partial charge >= 0.3 is 0 Å². The summed E-state index contributed by atoms with van der Waals surface area (Å²) in [6.45, 7) is 3.68. The van der Waals surface area contributed by atoms with Gasteiger partial charge in [-0.3, -0.25) is 4.79 Å². The molecule has 2 aromatic carbocycles. The number of rotatable bonds is 8. The number of halogens is 1. The number of amides is 1. The van der Waals surface area contributed by atoms with Crippen molar-refractivity contribution >= 4 is 27.5 Å². The van der Waals surface area contributed by atoms with Crippen molar-refractivity contribution in [3.05, 3.63) is 65.2 Å². The lowest BCUT2D eigenvalue weighted by molar-refractivity contribution is -0.122. The lowest BCUT2D eigenvalue weighted by atomic mass is 10.2. The Hall–Kier alpha value is -1.89. The third-order valence-electron chi connectivity index (χ3n) is 3.99. The quantitative estimate of drug-likeness (QED) is 0.745. The first-order chi connectivity index (χ1) is 12.3. The molecule has 0 radical (unpaired) electrons. The van der Waals surface area contributed by atoms with Crippen molar-refractivity contribution in [1.82, 2.24) is 9.62 Å². The fourth-order valence-corrected chi connectivity index (χ4v) is 3.87. The van der Waals surface area contributed by atoms with Crippen LogP contribution in [-0.4, -0.2) is 31.2 Å². The van der Waals surface area contributed by atoms with Crippen LogP contribution in [-0.2, 0) is 21.4 Å². The second-order valence-electron chi connectivity index (χ2n) is 6.09. The summed E-state index contributed by atoms with van der Waals surface area (Å²) in [6.07, 6.45) is 0.772. The van der Waals surface area contributed by atoms with Crippen LogP contribution < -0.4 is 5.32 Å². The van der Waals surface area contributed by atoms with E-state index < -0.39 is 10.0 Å². The van der Waals surface area contributed by atoms with E-state index in [0.717, 1.165) is 12.0 Å². The molecule has 26 heavy (non-hydrogen) atoms. The van der Waals surface area contributed by atoms with Crippen LogP contribution in [0, 0.1) is 0 Å². The monoisotopic (exact) mass is 394 g/mol. The molecule has 1 amide bonds. The van der Waals surface area contributed by atoms with E-state index in [2.05, 4.69) is 5.32 Å². The first kappa shape index (κ1) is 20.4. The summed E-state index contributed by atoms with van der Waals surface area (Å²) in [4.78, 5) is 12.5. The Bertz CT molecular complexity index is 824. The first-order valence-corrected chi connectivity index (χ1v) is 10.2. The first-order valence-electron chi connectivity index (χ1n) is 8.42. The van der Waals surface area contributed by atoms with Crippen LogP contribution in [0.2, 0.25) is 5.02 Å². The number of nitrogens with zero attached hydrogens (tertiary/aromatic N) is 1. The lowest BCUT2D eigenvalue weighted by Gasteiger charge is -2.23. The fourth-order valence-electron chi connectivity index (χ4n) is 2.34. The van der Waals surface area contributed by atoms with Crippen molar-refractivity contribution in [3.8, 4) is 0 Å². The van der Waals surface area contributed by atoms with Gasteiger partial charge in [0.15, 0.2) is 0 Å². The molecule has 1 N–H and O–H groups in total. The molecule has 0 aliphatic carbocycles. The Morgan fingerprint density at radius 2 is 1.73 bits per heavy atom. The van der Waals surface area contributed by atoms with E-state index >= 15 is 0 Å². The van der Waals surface area contributed by atoms with Crippen LogP contribution in [0.3, 0.4) is 0 Å². The highest BCUT2D eigenvalue weighted by Gasteiger charge is 2.27. The molecule has 0 spiro atoms. The Kier molecular flexibility index (Phi) is 7.20. The topological polar surface area (TPSA) is 66.5 Å². The number of sulfonamides is 1. The molecule has 0 aliphatic heterocycles. The zero-order chi connectivity index (χ0) is 19.2. The number of carbonyl (C=O) groups is 1. The number of hydrogen-bond acceptors (Lipinski definition) is 3. The van der Waals surface area contributed by atoms with E-state index in [1.165, 1.54) is 16.4 Å². The summed E-state index contributed by atoms with van der Waals surface area (Å²) in [5, 5.41) is 3.38. The highest BCUT2D eigenvalue weighted by molar-refractivity contribution is 7.89. The predicted octanol–water partition coefficient (Wildman–Crippen LogP) is 3.45. The number of carbonyl (C=O) groups excluding carboxylic acids is 1. The van der Waals surface area contributed by atoms with Crippen molar-refractivity contribution < 1.29 is 13.2 Å². The number of nitrogens with one attached hydrogen (secondary N) is 1. The Morgan fingerprint density at radius 3 is 2.31 bits per heavy atom. The molecule has 2 rings (SSSR count). The van der Waals surface area contributed by atoms with E-state index in [1.807, 2.05) is 13.8 Å². The maximum absolute atomic E-state index is 13.0. The van der Waals surface area contributed by atoms with Gasteiger partial charge in [0.25, 0.3) is 0 Å². The molecular formula is C19H23ClN2O3S. The Balaban J connectivity index is 2.28. The molecule has 0 saturated carbocycles. The van der Waals surface area contributed by atoms with Gasteiger partial charge in [0, 0.05) is 17.6 Å². The molecule has 0 aliphatic rings. The van der Waals surface area contributed by atoms with Crippen molar-refractivity contribution in [3.63, 3.8) is 0 Å². The molecule has 0 fully saturated rings. The maximum Gasteiger partial charge on any atom is 0.243 e. The molecule has 1 atom stereocenters. The van der Waals surface area contributed by atoms with Crippen LogP contribution in [0.4, 0.5) is 0 Å². The van der Waals surface area contributed by atoms with E-state index in [1.54, 1.807) is 42.5 Å². The van der Waals surface area contributed by atoms with Gasteiger partial charge in [-0.2, -0.15) is 4.31 Å². The van der Waals surface area contributed by atoms with Gasteiger partial charge in [-0.1, -0.05) is 48.9 Å². The third kappa shape index (κ3) is 5.56. The van der Waals surface area contributed by atoms with Crippen molar-refractivity contribution in [2.24, 2.45) is 0 Å². The minimum atomic E-state index is -3.81. The minimum Gasteiger partial charge on any atom is -0.353 e. The molecule has 2 aromatic rings. The zero-order valence-electron chi connectivity index (χ0n) is 14.9.